The maximum atomic E-state index is 12.2. The summed E-state index contributed by atoms with van der Waals surface area (Å²) in [5, 5.41) is 6.43. The molecule has 4 heteroatoms. The Balaban J connectivity index is 1.88. The molecule has 0 aliphatic heterocycles. The topological polar surface area (TPSA) is 41.1 Å². The van der Waals surface area contributed by atoms with Gasteiger partial charge in [0.2, 0.25) is 0 Å². The van der Waals surface area contributed by atoms with Crippen LogP contribution in [0.5, 0.6) is 0 Å². The van der Waals surface area contributed by atoms with Crippen molar-refractivity contribution in [3.05, 3.63) is 29.8 Å². The summed E-state index contributed by atoms with van der Waals surface area (Å²) in [5.74, 6) is 0.0392. The van der Waals surface area contributed by atoms with Crippen LogP contribution in [0.15, 0.2) is 24.3 Å². The van der Waals surface area contributed by atoms with Crippen LogP contribution in [0.3, 0.4) is 0 Å². The van der Waals surface area contributed by atoms with Gasteiger partial charge in [0, 0.05) is 29.1 Å². The standard InChI is InChI=1S/C17H26N2OS/c1-3-12-18-15-8-6-14(7-9-15)16(20)19-13-17(21-2)10-4-5-11-17/h6-9,18H,3-5,10-13H2,1-2H3,(H,19,20). The molecule has 1 aliphatic rings. The highest BCUT2D eigenvalue weighted by atomic mass is 32.2. The molecule has 0 aromatic heterocycles. The Labute approximate surface area is 132 Å². The first-order valence-electron chi connectivity index (χ1n) is 7.86. The number of thioether (sulfide) groups is 1. The van der Waals surface area contributed by atoms with Crippen LogP contribution in [0.1, 0.15) is 49.4 Å². The van der Waals surface area contributed by atoms with Crippen LogP contribution in [0, 0.1) is 0 Å². The van der Waals surface area contributed by atoms with E-state index in [4.69, 9.17) is 0 Å². The largest absolute Gasteiger partial charge is 0.385 e. The van der Waals surface area contributed by atoms with E-state index < -0.39 is 0 Å². The van der Waals surface area contributed by atoms with Crippen molar-refractivity contribution >= 4 is 23.4 Å². The lowest BCUT2D eigenvalue weighted by Gasteiger charge is -2.26. The summed E-state index contributed by atoms with van der Waals surface area (Å²) < 4.78 is 0.262. The molecule has 21 heavy (non-hydrogen) atoms. The average molecular weight is 306 g/mol. The van der Waals surface area contributed by atoms with Crippen LogP contribution < -0.4 is 10.6 Å². The maximum Gasteiger partial charge on any atom is 0.251 e. The molecule has 0 spiro atoms. The fraction of sp³-hybridized carbons (Fsp3) is 0.588. The van der Waals surface area contributed by atoms with Crippen LogP contribution in [0.2, 0.25) is 0 Å². The first kappa shape index (κ1) is 16.2. The molecule has 116 valence electrons. The highest BCUT2D eigenvalue weighted by molar-refractivity contribution is 8.00. The van der Waals surface area contributed by atoms with Gasteiger partial charge in [-0.15, -0.1) is 0 Å². The van der Waals surface area contributed by atoms with Gasteiger partial charge in [-0.3, -0.25) is 4.79 Å². The van der Waals surface area contributed by atoms with Gasteiger partial charge in [0.15, 0.2) is 0 Å². The average Bonchev–Trinajstić information content (AvgIpc) is 3.00. The monoisotopic (exact) mass is 306 g/mol. The third kappa shape index (κ3) is 4.40. The molecule has 2 N–H and O–H groups in total. The van der Waals surface area contributed by atoms with Gasteiger partial charge in [0.25, 0.3) is 5.91 Å². The van der Waals surface area contributed by atoms with Crippen molar-refractivity contribution in [2.75, 3.05) is 24.7 Å². The minimum absolute atomic E-state index is 0.0392. The number of hydrogen-bond donors (Lipinski definition) is 2. The molecule has 0 bridgehead atoms. The lowest BCUT2D eigenvalue weighted by Crippen LogP contribution is -2.38. The Hall–Kier alpha value is -1.16. The molecule has 0 heterocycles. The van der Waals surface area contributed by atoms with Gasteiger partial charge in [-0.05, 0) is 49.8 Å². The Kier molecular flexibility index (Phi) is 5.97. The molecule has 0 saturated heterocycles. The van der Waals surface area contributed by atoms with Crippen molar-refractivity contribution in [1.82, 2.24) is 5.32 Å². The smallest absolute Gasteiger partial charge is 0.251 e. The van der Waals surface area contributed by atoms with E-state index in [0.29, 0.717) is 0 Å². The van der Waals surface area contributed by atoms with Crippen LogP contribution >= 0.6 is 11.8 Å². The van der Waals surface area contributed by atoms with Crippen molar-refractivity contribution in [3.63, 3.8) is 0 Å². The third-order valence-electron chi connectivity index (χ3n) is 4.25. The first-order valence-corrected chi connectivity index (χ1v) is 9.09. The van der Waals surface area contributed by atoms with E-state index in [2.05, 4.69) is 23.8 Å². The summed E-state index contributed by atoms with van der Waals surface area (Å²) in [4.78, 5) is 12.2. The van der Waals surface area contributed by atoms with Crippen LogP contribution in [0.25, 0.3) is 0 Å². The van der Waals surface area contributed by atoms with Crippen LogP contribution in [-0.2, 0) is 0 Å². The number of carbonyl (C=O) groups is 1. The molecule has 1 amide bonds. The quantitative estimate of drug-likeness (QED) is 0.802. The molecule has 2 rings (SSSR count). The number of rotatable bonds is 7. The summed E-state index contributed by atoms with van der Waals surface area (Å²) in [5.41, 5.74) is 1.82. The fourth-order valence-corrected chi connectivity index (χ4v) is 3.74. The van der Waals surface area contributed by atoms with Crippen molar-refractivity contribution in [2.24, 2.45) is 0 Å². The molecular weight excluding hydrogens is 280 g/mol. The lowest BCUT2D eigenvalue weighted by atomic mass is 10.1. The number of nitrogens with one attached hydrogen (secondary N) is 2. The molecule has 1 aromatic rings. The Morgan fingerprint density at radius 2 is 1.90 bits per heavy atom. The van der Waals surface area contributed by atoms with Gasteiger partial charge in [-0.1, -0.05) is 19.8 Å². The molecule has 0 atom stereocenters. The van der Waals surface area contributed by atoms with Gasteiger partial charge in [0.1, 0.15) is 0 Å². The summed E-state index contributed by atoms with van der Waals surface area (Å²) in [6.07, 6.45) is 8.26. The Bertz CT molecular complexity index is 452. The predicted octanol–water partition coefficient (Wildman–Crippen LogP) is 3.91. The maximum absolute atomic E-state index is 12.2. The van der Waals surface area contributed by atoms with E-state index in [1.807, 2.05) is 36.0 Å². The van der Waals surface area contributed by atoms with Gasteiger partial charge < -0.3 is 10.6 Å². The van der Waals surface area contributed by atoms with Crippen molar-refractivity contribution in [2.45, 2.75) is 43.8 Å². The van der Waals surface area contributed by atoms with E-state index in [9.17, 15) is 4.79 Å². The zero-order chi connectivity index (χ0) is 15.1. The van der Waals surface area contributed by atoms with Gasteiger partial charge >= 0.3 is 0 Å². The molecule has 0 unspecified atom stereocenters. The van der Waals surface area contributed by atoms with Crippen molar-refractivity contribution in [3.8, 4) is 0 Å². The number of carbonyl (C=O) groups excluding carboxylic acids is 1. The van der Waals surface area contributed by atoms with E-state index in [1.54, 1.807) is 0 Å². The number of hydrogen-bond acceptors (Lipinski definition) is 3. The van der Waals surface area contributed by atoms with Gasteiger partial charge in [-0.2, -0.15) is 11.8 Å². The van der Waals surface area contributed by atoms with Gasteiger partial charge in [0.05, 0.1) is 0 Å². The Morgan fingerprint density at radius 3 is 2.48 bits per heavy atom. The minimum atomic E-state index is 0.0392. The van der Waals surface area contributed by atoms with Crippen LogP contribution in [0.4, 0.5) is 5.69 Å². The zero-order valence-corrected chi connectivity index (χ0v) is 13.9. The van der Waals surface area contributed by atoms with Crippen LogP contribution in [-0.4, -0.2) is 30.0 Å². The number of amides is 1. The summed E-state index contributed by atoms with van der Waals surface area (Å²) in [6, 6.07) is 7.75. The van der Waals surface area contributed by atoms with Gasteiger partial charge in [-0.25, -0.2) is 0 Å². The molecule has 1 fully saturated rings. The molecule has 1 saturated carbocycles. The van der Waals surface area contributed by atoms with E-state index in [-0.39, 0.29) is 10.7 Å². The Morgan fingerprint density at radius 1 is 1.24 bits per heavy atom. The molecular formula is C17H26N2OS. The van der Waals surface area contributed by atoms with E-state index in [0.717, 1.165) is 30.8 Å². The molecule has 1 aliphatic carbocycles. The van der Waals surface area contributed by atoms with E-state index in [1.165, 1.54) is 25.7 Å². The molecule has 0 radical (unpaired) electrons. The number of benzene rings is 1. The fourth-order valence-electron chi connectivity index (χ4n) is 2.82. The second kappa shape index (κ2) is 7.74. The van der Waals surface area contributed by atoms with Crippen molar-refractivity contribution in [1.29, 1.82) is 0 Å². The third-order valence-corrected chi connectivity index (χ3v) is 5.66. The summed E-state index contributed by atoms with van der Waals surface area (Å²) in [7, 11) is 0. The summed E-state index contributed by atoms with van der Waals surface area (Å²) in [6.45, 7) is 3.88. The van der Waals surface area contributed by atoms with E-state index >= 15 is 0 Å². The SMILES string of the molecule is CCCNc1ccc(C(=O)NCC2(SC)CCCC2)cc1. The highest BCUT2D eigenvalue weighted by Crippen LogP contribution is 2.39. The normalized spacial score (nSPS) is 16.7. The minimum Gasteiger partial charge on any atom is -0.385 e. The zero-order valence-electron chi connectivity index (χ0n) is 13.1. The lowest BCUT2D eigenvalue weighted by molar-refractivity contribution is 0.0949. The number of anilines is 1. The predicted molar refractivity (Wildman–Crippen MR) is 92.3 cm³/mol. The second-order valence-electron chi connectivity index (χ2n) is 5.78. The molecule has 1 aromatic carbocycles. The molecule has 3 nitrogen and oxygen atoms in total. The second-order valence-corrected chi connectivity index (χ2v) is 7.06. The van der Waals surface area contributed by atoms with Crippen molar-refractivity contribution < 1.29 is 4.79 Å². The highest BCUT2D eigenvalue weighted by Gasteiger charge is 2.33. The summed E-state index contributed by atoms with van der Waals surface area (Å²) >= 11 is 1.90. The first-order chi connectivity index (χ1) is 10.2.